The standard InChI is InChI=1S/C13H13N3O3/c17-16(18)12-4-2-1-3-11(12)13-15-10(8-19-13)7-14-9-5-6-9/h1-4,8-9,14H,5-7H2. The SMILES string of the molecule is O=[N+]([O-])c1ccccc1-c1nc(CNC2CC2)co1. The largest absolute Gasteiger partial charge is 0.444 e. The predicted molar refractivity (Wildman–Crippen MR) is 68.5 cm³/mol. The lowest BCUT2D eigenvalue weighted by Gasteiger charge is -1.98. The van der Waals surface area contributed by atoms with Gasteiger partial charge in [-0.25, -0.2) is 4.98 Å². The van der Waals surface area contributed by atoms with Crippen LogP contribution in [0.25, 0.3) is 11.5 Å². The third kappa shape index (κ3) is 2.63. The van der Waals surface area contributed by atoms with E-state index in [1.54, 1.807) is 24.5 Å². The first kappa shape index (κ1) is 11.9. The molecule has 1 aliphatic rings. The molecule has 1 saturated carbocycles. The van der Waals surface area contributed by atoms with Gasteiger partial charge in [0.05, 0.1) is 10.6 Å². The molecule has 1 heterocycles. The van der Waals surface area contributed by atoms with E-state index in [4.69, 9.17) is 4.42 Å². The fraction of sp³-hybridized carbons (Fsp3) is 0.308. The molecule has 1 N–H and O–H groups in total. The number of para-hydroxylation sites is 1. The van der Waals surface area contributed by atoms with Crippen LogP contribution < -0.4 is 5.32 Å². The van der Waals surface area contributed by atoms with Crippen LogP contribution in [0.4, 0.5) is 5.69 Å². The van der Waals surface area contributed by atoms with Crippen LogP contribution in [0, 0.1) is 10.1 Å². The molecule has 1 fully saturated rings. The lowest BCUT2D eigenvalue weighted by molar-refractivity contribution is -0.384. The van der Waals surface area contributed by atoms with Gasteiger partial charge in [0.2, 0.25) is 5.89 Å². The molecule has 2 aromatic rings. The van der Waals surface area contributed by atoms with E-state index in [1.165, 1.54) is 18.9 Å². The van der Waals surface area contributed by atoms with Crippen LogP contribution in [0.15, 0.2) is 34.9 Å². The molecular weight excluding hydrogens is 246 g/mol. The molecule has 0 saturated heterocycles. The monoisotopic (exact) mass is 259 g/mol. The van der Waals surface area contributed by atoms with Crippen LogP contribution >= 0.6 is 0 Å². The number of nitro groups is 1. The molecule has 6 nitrogen and oxygen atoms in total. The summed E-state index contributed by atoms with van der Waals surface area (Å²) in [5.41, 5.74) is 1.18. The molecule has 0 spiro atoms. The Hall–Kier alpha value is -2.21. The lowest BCUT2D eigenvalue weighted by atomic mass is 10.2. The van der Waals surface area contributed by atoms with Crippen LogP contribution in [0.1, 0.15) is 18.5 Å². The Kier molecular flexibility index (Phi) is 3.00. The fourth-order valence-corrected chi connectivity index (χ4v) is 1.86. The molecule has 0 radical (unpaired) electrons. The highest BCUT2D eigenvalue weighted by Gasteiger charge is 2.22. The molecule has 0 unspecified atom stereocenters. The van der Waals surface area contributed by atoms with Gasteiger partial charge in [0.25, 0.3) is 5.69 Å². The maximum atomic E-state index is 10.9. The smallest absolute Gasteiger partial charge is 0.282 e. The molecule has 1 aliphatic carbocycles. The van der Waals surface area contributed by atoms with Crippen molar-refractivity contribution in [3.63, 3.8) is 0 Å². The highest BCUT2D eigenvalue weighted by Crippen LogP contribution is 2.28. The summed E-state index contributed by atoms with van der Waals surface area (Å²) >= 11 is 0. The minimum Gasteiger partial charge on any atom is -0.444 e. The Labute approximate surface area is 109 Å². The zero-order valence-corrected chi connectivity index (χ0v) is 10.2. The third-order valence-corrected chi connectivity index (χ3v) is 3.03. The fourth-order valence-electron chi connectivity index (χ4n) is 1.86. The van der Waals surface area contributed by atoms with Gasteiger partial charge in [0, 0.05) is 18.7 Å². The maximum absolute atomic E-state index is 10.9. The zero-order chi connectivity index (χ0) is 13.2. The molecule has 1 aromatic carbocycles. The van der Waals surface area contributed by atoms with E-state index in [2.05, 4.69) is 10.3 Å². The van der Waals surface area contributed by atoms with Crippen molar-refractivity contribution in [3.05, 3.63) is 46.3 Å². The van der Waals surface area contributed by atoms with E-state index in [0.29, 0.717) is 24.0 Å². The van der Waals surface area contributed by atoms with Gasteiger partial charge in [-0.1, -0.05) is 12.1 Å². The number of rotatable bonds is 5. The van der Waals surface area contributed by atoms with Crippen LogP contribution in [-0.4, -0.2) is 15.9 Å². The second-order valence-electron chi connectivity index (χ2n) is 4.57. The number of aromatic nitrogens is 1. The topological polar surface area (TPSA) is 81.2 Å². The van der Waals surface area contributed by atoms with Crippen molar-refractivity contribution in [2.45, 2.75) is 25.4 Å². The van der Waals surface area contributed by atoms with Gasteiger partial charge in [-0.05, 0) is 18.9 Å². The first-order valence-corrected chi connectivity index (χ1v) is 6.15. The number of hydrogen-bond donors (Lipinski definition) is 1. The number of hydrogen-bond acceptors (Lipinski definition) is 5. The molecule has 0 amide bonds. The number of oxazole rings is 1. The van der Waals surface area contributed by atoms with Gasteiger partial charge in [0.15, 0.2) is 0 Å². The second-order valence-corrected chi connectivity index (χ2v) is 4.57. The van der Waals surface area contributed by atoms with Crippen molar-refractivity contribution >= 4 is 5.69 Å². The minimum absolute atomic E-state index is 0.00560. The molecular formula is C13H13N3O3. The molecule has 98 valence electrons. The summed E-state index contributed by atoms with van der Waals surface area (Å²) in [6.45, 7) is 0.634. The van der Waals surface area contributed by atoms with E-state index in [1.807, 2.05) is 0 Å². The van der Waals surface area contributed by atoms with Crippen LogP contribution in [0.3, 0.4) is 0 Å². The van der Waals surface area contributed by atoms with Gasteiger partial charge in [-0.3, -0.25) is 10.1 Å². The average Bonchev–Trinajstić information content (AvgIpc) is 3.13. The van der Waals surface area contributed by atoms with E-state index in [0.717, 1.165) is 5.69 Å². The van der Waals surface area contributed by atoms with Crippen molar-refractivity contribution < 1.29 is 9.34 Å². The zero-order valence-electron chi connectivity index (χ0n) is 10.2. The van der Waals surface area contributed by atoms with E-state index in [9.17, 15) is 10.1 Å². The van der Waals surface area contributed by atoms with Crippen LogP contribution in [0.2, 0.25) is 0 Å². The average molecular weight is 259 g/mol. The maximum Gasteiger partial charge on any atom is 0.282 e. The number of nitro benzene ring substituents is 1. The molecule has 1 aromatic heterocycles. The van der Waals surface area contributed by atoms with E-state index < -0.39 is 4.92 Å². The van der Waals surface area contributed by atoms with Gasteiger partial charge in [-0.15, -0.1) is 0 Å². The van der Waals surface area contributed by atoms with Gasteiger partial charge >= 0.3 is 0 Å². The van der Waals surface area contributed by atoms with E-state index >= 15 is 0 Å². The Balaban J connectivity index is 1.83. The minimum atomic E-state index is -0.429. The third-order valence-electron chi connectivity index (χ3n) is 3.03. The summed E-state index contributed by atoms with van der Waals surface area (Å²) in [4.78, 5) is 14.8. The lowest BCUT2D eigenvalue weighted by Crippen LogP contribution is -2.15. The summed E-state index contributed by atoms with van der Waals surface area (Å²) in [6, 6.07) is 7.03. The Morgan fingerprint density at radius 3 is 2.95 bits per heavy atom. The molecule has 19 heavy (non-hydrogen) atoms. The molecule has 6 heteroatoms. The quantitative estimate of drug-likeness (QED) is 0.659. The van der Waals surface area contributed by atoms with Crippen molar-refractivity contribution in [1.29, 1.82) is 0 Å². The van der Waals surface area contributed by atoms with Crippen molar-refractivity contribution in [3.8, 4) is 11.5 Å². The Bertz CT molecular complexity index is 605. The number of benzene rings is 1. The van der Waals surface area contributed by atoms with Crippen LogP contribution in [0.5, 0.6) is 0 Å². The predicted octanol–water partition coefficient (Wildman–Crippen LogP) is 2.50. The Morgan fingerprint density at radius 2 is 2.21 bits per heavy atom. The van der Waals surface area contributed by atoms with Gasteiger partial charge in [0.1, 0.15) is 11.8 Å². The van der Waals surface area contributed by atoms with Crippen molar-refractivity contribution in [2.24, 2.45) is 0 Å². The first-order valence-electron chi connectivity index (χ1n) is 6.15. The summed E-state index contributed by atoms with van der Waals surface area (Å²) in [5.74, 6) is 0.292. The molecule has 3 rings (SSSR count). The van der Waals surface area contributed by atoms with Crippen molar-refractivity contribution in [1.82, 2.24) is 10.3 Å². The summed E-state index contributed by atoms with van der Waals surface area (Å²) in [7, 11) is 0. The normalized spacial score (nSPS) is 14.5. The van der Waals surface area contributed by atoms with Crippen molar-refractivity contribution in [2.75, 3.05) is 0 Å². The second kappa shape index (κ2) is 4.81. The number of nitrogens with one attached hydrogen (secondary N) is 1. The highest BCUT2D eigenvalue weighted by molar-refractivity contribution is 5.66. The van der Waals surface area contributed by atoms with Gasteiger partial charge < -0.3 is 9.73 Å². The number of nitrogens with zero attached hydrogens (tertiary/aromatic N) is 2. The highest BCUT2D eigenvalue weighted by atomic mass is 16.6. The van der Waals surface area contributed by atoms with E-state index in [-0.39, 0.29) is 5.69 Å². The van der Waals surface area contributed by atoms with Crippen LogP contribution in [-0.2, 0) is 6.54 Å². The molecule has 0 bridgehead atoms. The summed E-state index contributed by atoms with van der Waals surface area (Å²) in [6.07, 6.45) is 3.95. The van der Waals surface area contributed by atoms with Gasteiger partial charge in [-0.2, -0.15) is 0 Å². The first-order chi connectivity index (χ1) is 9.24. The Morgan fingerprint density at radius 1 is 1.42 bits per heavy atom. The summed E-state index contributed by atoms with van der Waals surface area (Å²) < 4.78 is 5.34. The summed E-state index contributed by atoms with van der Waals surface area (Å²) in [5, 5.41) is 14.3. The molecule has 0 aliphatic heterocycles. The molecule has 0 atom stereocenters.